The van der Waals surface area contributed by atoms with Crippen LogP contribution >= 0.6 is 11.6 Å². The molecule has 1 aromatic heterocycles. The third kappa shape index (κ3) is 3.70. The van der Waals surface area contributed by atoms with Crippen LogP contribution in [0.5, 0.6) is 0 Å². The standard InChI is InChI=1S/C27H18ClNO6/c1-14(30)15-7-10-19(11-8-15)29-23(16-3-5-17(6-4-16)27(33)34-2)22-24(31)20-13-18(28)9-12-21(20)35-25(22)26(29)32/h3-13,23H,1-2H3. The summed E-state index contributed by atoms with van der Waals surface area (Å²) in [5.74, 6) is -1.17. The Bertz CT molecular complexity index is 1570. The highest BCUT2D eigenvalue weighted by Gasteiger charge is 2.43. The number of fused-ring (bicyclic) bond motifs is 2. The third-order valence-electron chi connectivity index (χ3n) is 6.03. The molecule has 1 amide bonds. The predicted molar refractivity (Wildman–Crippen MR) is 130 cm³/mol. The highest BCUT2D eigenvalue weighted by Crippen LogP contribution is 2.41. The fraction of sp³-hybridized carbons (Fsp3) is 0.111. The van der Waals surface area contributed by atoms with Crippen molar-refractivity contribution < 1.29 is 23.5 Å². The lowest BCUT2D eigenvalue weighted by atomic mass is 9.97. The summed E-state index contributed by atoms with van der Waals surface area (Å²) < 4.78 is 10.7. The molecule has 35 heavy (non-hydrogen) atoms. The molecule has 174 valence electrons. The number of carbonyl (C=O) groups excluding carboxylic acids is 3. The molecular formula is C27H18ClNO6. The lowest BCUT2D eigenvalue weighted by molar-refractivity contribution is 0.0600. The Labute approximate surface area is 204 Å². The number of nitrogens with zero attached hydrogens (tertiary/aromatic N) is 1. The van der Waals surface area contributed by atoms with Crippen molar-refractivity contribution in [2.24, 2.45) is 0 Å². The first kappa shape index (κ1) is 22.6. The topological polar surface area (TPSA) is 93.9 Å². The van der Waals surface area contributed by atoms with E-state index in [2.05, 4.69) is 0 Å². The van der Waals surface area contributed by atoms with Crippen LogP contribution in [0.25, 0.3) is 11.0 Å². The molecule has 1 unspecified atom stereocenters. The van der Waals surface area contributed by atoms with Gasteiger partial charge in [-0.05, 0) is 67.1 Å². The number of amides is 1. The van der Waals surface area contributed by atoms with Crippen LogP contribution in [0.3, 0.4) is 0 Å². The average molecular weight is 488 g/mol. The molecule has 2 heterocycles. The van der Waals surface area contributed by atoms with E-state index < -0.39 is 17.9 Å². The van der Waals surface area contributed by atoms with E-state index in [1.54, 1.807) is 60.7 Å². The van der Waals surface area contributed by atoms with Gasteiger partial charge in [-0.2, -0.15) is 0 Å². The minimum atomic E-state index is -0.827. The number of ether oxygens (including phenoxy) is 1. The normalized spacial score (nSPS) is 14.8. The highest BCUT2D eigenvalue weighted by atomic mass is 35.5. The first-order valence-corrected chi connectivity index (χ1v) is 11.1. The predicted octanol–water partition coefficient (Wildman–Crippen LogP) is 5.19. The van der Waals surface area contributed by atoms with Gasteiger partial charge in [0.2, 0.25) is 5.76 Å². The third-order valence-corrected chi connectivity index (χ3v) is 6.27. The number of carbonyl (C=O) groups is 3. The van der Waals surface area contributed by atoms with Gasteiger partial charge in [-0.3, -0.25) is 19.3 Å². The number of anilines is 1. The largest absolute Gasteiger partial charge is 0.465 e. The van der Waals surface area contributed by atoms with Gasteiger partial charge in [0.25, 0.3) is 5.91 Å². The molecule has 0 aliphatic carbocycles. The van der Waals surface area contributed by atoms with Crippen molar-refractivity contribution in [1.29, 1.82) is 0 Å². The van der Waals surface area contributed by atoms with Gasteiger partial charge < -0.3 is 9.15 Å². The number of ketones is 1. The first-order chi connectivity index (χ1) is 16.8. The van der Waals surface area contributed by atoms with E-state index in [0.29, 0.717) is 27.4 Å². The summed E-state index contributed by atoms with van der Waals surface area (Å²) in [4.78, 5) is 52.3. The van der Waals surface area contributed by atoms with Crippen LogP contribution in [0.4, 0.5) is 5.69 Å². The van der Waals surface area contributed by atoms with Crippen molar-refractivity contribution in [1.82, 2.24) is 0 Å². The van der Waals surface area contributed by atoms with Gasteiger partial charge in [0, 0.05) is 16.3 Å². The number of hydrogen-bond acceptors (Lipinski definition) is 6. The summed E-state index contributed by atoms with van der Waals surface area (Å²) in [5.41, 5.74) is 1.94. The Morgan fingerprint density at radius 1 is 0.943 bits per heavy atom. The van der Waals surface area contributed by atoms with Crippen LogP contribution in [0.1, 0.15) is 55.4 Å². The number of hydrogen-bond donors (Lipinski definition) is 0. The summed E-state index contributed by atoms with van der Waals surface area (Å²) in [6, 6.07) is 16.8. The lowest BCUT2D eigenvalue weighted by Gasteiger charge is -2.25. The van der Waals surface area contributed by atoms with E-state index in [1.165, 1.54) is 25.0 Å². The Morgan fingerprint density at radius 3 is 2.23 bits per heavy atom. The molecule has 0 radical (unpaired) electrons. The molecule has 0 saturated carbocycles. The van der Waals surface area contributed by atoms with E-state index >= 15 is 0 Å². The van der Waals surface area contributed by atoms with E-state index in [1.807, 2.05) is 0 Å². The summed E-state index contributed by atoms with van der Waals surface area (Å²) in [6.45, 7) is 1.46. The monoisotopic (exact) mass is 487 g/mol. The second-order valence-corrected chi connectivity index (χ2v) is 8.55. The maximum absolute atomic E-state index is 13.6. The fourth-order valence-electron chi connectivity index (χ4n) is 4.30. The molecule has 7 nitrogen and oxygen atoms in total. The molecule has 4 aromatic rings. The first-order valence-electron chi connectivity index (χ1n) is 10.7. The molecule has 1 atom stereocenters. The van der Waals surface area contributed by atoms with Gasteiger partial charge in [-0.15, -0.1) is 0 Å². The molecule has 3 aromatic carbocycles. The maximum Gasteiger partial charge on any atom is 0.337 e. The Morgan fingerprint density at radius 2 is 1.60 bits per heavy atom. The van der Waals surface area contributed by atoms with Crippen LogP contribution in [-0.4, -0.2) is 24.8 Å². The second kappa shape index (κ2) is 8.52. The Kier molecular flexibility index (Phi) is 5.49. The van der Waals surface area contributed by atoms with Crippen molar-refractivity contribution in [3.63, 3.8) is 0 Å². The average Bonchev–Trinajstić information content (AvgIpc) is 3.16. The minimum absolute atomic E-state index is 0.0671. The summed E-state index contributed by atoms with van der Waals surface area (Å²) >= 11 is 6.12. The van der Waals surface area contributed by atoms with Crippen molar-refractivity contribution in [2.75, 3.05) is 12.0 Å². The molecule has 5 rings (SSSR count). The zero-order chi connectivity index (χ0) is 24.9. The van der Waals surface area contributed by atoms with E-state index in [4.69, 9.17) is 20.8 Å². The highest BCUT2D eigenvalue weighted by molar-refractivity contribution is 6.31. The van der Waals surface area contributed by atoms with Crippen molar-refractivity contribution >= 4 is 45.9 Å². The van der Waals surface area contributed by atoms with Crippen LogP contribution in [-0.2, 0) is 4.74 Å². The quantitative estimate of drug-likeness (QED) is 0.290. The molecule has 1 aliphatic heterocycles. The minimum Gasteiger partial charge on any atom is -0.465 e. The molecule has 1 aliphatic rings. The van der Waals surface area contributed by atoms with Gasteiger partial charge in [0.05, 0.1) is 29.7 Å². The summed E-state index contributed by atoms with van der Waals surface area (Å²) in [6.07, 6.45) is 0. The molecule has 0 fully saturated rings. The lowest BCUT2D eigenvalue weighted by Crippen LogP contribution is -2.29. The van der Waals surface area contributed by atoms with E-state index in [0.717, 1.165) is 0 Å². The van der Waals surface area contributed by atoms with Crippen LogP contribution < -0.4 is 10.3 Å². The summed E-state index contributed by atoms with van der Waals surface area (Å²) in [5, 5.41) is 0.624. The zero-order valence-corrected chi connectivity index (χ0v) is 19.5. The van der Waals surface area contributed by atoms with Crippen molar-refractivity contribution in [3.05, 3.63) is 110 Å². The smallest absolute Gasteiger partial charge is 0.337 e. The number of benzene rings is 3. The van der Waals surface area contributed by atoms with E-state index in [9.17, 15) is 19.2 Å². The number of rotatable bonds is 4. The summed E-state index contributed by atoms with van der Waals surface area (Å²) in [7, 11) is 1.29. The Balaban J connectivity index is 1.74. The van der Waals surface area contributed by atoms with Crippen LogP contribution in [0.2, 0.25) is 5.02 Å². The van der Waals surface area contributed by atoms with Gasteiger partial charge in [-0.1, -0.05) is 23.7 Å². The number of halogens is 1. The molecule has 0 N–H and O–H groups in total. The Hall–Kier alpha value is -4.23. The fourth-order valence-corrected chi connectivity index (χ4v) is 4.47. The van der Waals surface area contributed by atoms with Crippen LogP contribution in [0.15, 0.2) is 75.9 Å². The van der Waals surface area contributed by atoms with E-state index in [-0.39, 0.29) is 33.5 Å². The zero-order valence-electron chi connectivity index (χ0n) is 18.7. The maximum atomic E-state index is 13.6. The van der Waals surface area contributed by atoms with Gasteiger partial charge in [-0.25, -0.2) is 4.79 Å². The number of methoxy groups -OCH3 is 1. The van der Waals surface area contributed by atoms with Crippen molar-refractivity contribution in [3.8, 4) is 0 Å². The molecule has 0 saturated heterocycles. The SMILES string of the molecule is COC(=O)c1ccc(C2c3c(oc4ccc(Cl)cc4c3=O)C(=O)N2c2ccc(C(C)=O)cc2)cc1. The molecule has 0 spiro atoms. The van der Waals surface area contributed by atoms with Crippen molar-refractivity contribution in [2.45, 2.75) is 13.0 Å². The van der Waals surface area contributed by atoms with Gasteiger partial charge >= 0.3 is 5.97 Å². The molecular weight excluding hydrogens is 470 g/mol. The van der Waals surface area contributed by atoms with Gasteiger partial charge in [0.1, 0.15) is 5.58 Å². The number of esters is 1. The van der Waals surface area contributed by atoms with Gasteiger partial charge in [0.15, 0.2) is 11.2 Å². The number of Topliss-reactive ketones (excluding diaryl/α,β-unsaturated/α-hetero) is 1. The molecule has 0 bridgehead atoms. The second-order valence-electron chi connectivity index (χ2n) is 8.11. The molecule has 8 heteroatoms. The van der Waals surface area contributed by atoms with Crippen LogP contribution in [0, 0.1) is 0 Å².